The van der Waals surface area contributed by atoms with Crippen LogP contribution in [0.3, 0.4) is 0 Å². The van der Waals surface area contributed by atoms with Gasteiger partial charge >= 0.3 is 6.03 Å². The molecule has 142 valence electrons. The first-order valence-corrected chi connectivity index (χ1v) is 8.62. The molecule has 8 heteroatoms. The Morgan fingerprint density at radius 1 is 1.04 bits per heavy atom. The summed E-state index contributed by atoms with van der Waals surface area (Å²) in [5, 5.41) is 5.57. The Morgan fingerprint density at radius 2 is 1.82 bits per heavy atom. The van der Waals surface area contributed by atoms with E-state index >= 15 is 0 Å². The van der Waals surface area contributed by atoms with Crippen LogP contribution in [0, 0.1) is 0 Å². The summed E-state index contributed by atoms with van der Waals surface area (Å²) >= 11 is 0. The molecule has 0 saturated heterocycles. The summed E-state index contributed by atoms with van der Waals surface area (Å²) in [6.07, 6.45) is 1.52. The number of anilines is 1. The Bertz CT molecular complexity index is 991. The largest absolute Gasteiger partial charge is 0.364 e. The van der Waals surface area contributed by atoms with Gasteiger partial charge in [0.1, 0.15) is 0 Å². The molecule has 0 saturated carbocycles. The molecule has 2 aromatic carbocycles. The van der Waals surface area contributed by atoms with Crippen LogP contribution < -0.4 is 22.1 Å². The molecule has 0 aliphatic carbocycles. The fraction of sp³-hybridized carbons (Fsp3) is 0.100. The number of nitrogens with zero attached hydrogens (tertiary/aromatic N) is 2. The Labute approximate surface area is 162 Å². The zero-order valence-corrected chi connectivity index (χ0v) is 15.1. The minimum Gasteiger partial charge on any atom is -0.364 e. The maximum atomic E-state index is 12.1. The van der Waals surface area contributed by atoms with E-state index in [1.807, 2.05) is 30.3 Å². The van der Waals surface area contributed by atoms with E-state index in [1.54, 1.807) is 24.3 Å². The molecule has 6 N–H and O–H groups in total. The molecule has 0 spiro atoms. The summed E-state index contributed by atoms with van der Waals surface area (Å²) in [6.45, 7) is 0.481. The monoisotopic (exact) mass is 376 g/mol. The topological polar surface area (TPSA) is 136 Å². The van der Waals surface area contributed by atoms with Gasteiger partial charge in [0.2, 0.25) is 0 Å². The van der Waals surface area contributed by atoms with Gasteiger partial charge in [0.15, 0.2) is 5.69 Å². The highest BCUT2D eigenvalue weighted by Crippen LogP contribution is 2.21. The van der Waals surface area contributed by atoms with Crippen molar-refractivity contribution in [1.82, 2.24) is 15.3 Å². The number of hydrogen-bond acceptors (Lipinski definition) is 5. The van der Waals surface area contributed by atoms with Gasteiger partial charge in [-0.25, -0.2) is 9.78 Å². The normalized spacial score (nSPS) is 10.3. The molecular weight excluding hydrogens is 356 g/mol. The van der Waals surface area contributed by atoms with E-state index in [-0.39, 0.29) is 18.3 Å². The van der Waals surface area contributed by atoms with Crippen LogP contribution in [-0.4, -0.2) is 21.9 Å². The SMILES string of the molecule is NCc1ncc(-c2cccc(NC(=O)NCc3ccccc3)c2)nc1C(N)=O. The van der Waals surface area contributed by atoms with Crippen molar-refractivity contribution >= 4 is 17.6 Å². The zero-order chi connectivity index (χ0) is 19.9. The van der Waals surface area contributed by atoms with E-state index in [4.69, 9.17) is 11.5 Å². The van der Waals surface area contributed by atoms with E-state index < -0.39 is 5.91 Å². The van der Waals surface area contributed by atoms with Gasteiger partial charge in [0.05, 0.1) is 17.6 Å². The van der Waals surface area contributed by atoms with Gasteiger partial charge in [0.25, 0.3) is 5.91 Å². The van der Waals surface area contributed by atoms with Crippen molar-refractivity contribution in [3.05, 3.63) is 77.7 Å². The highest BCUT2D eigenvalue weighted by molar-refractivity contribution is 5.92. The van der Waals surface area contributed by atoms with Crippen LogP contribution in [0.2, 0.25) is 0 Å². The van der Waals surface area contributed by atoms with Crippen LogP contribution in [0.4, 0.5) is 10.5 Å². The van der Waals surface area contributed by atoms with Gasteiger partial charge in [-0.3, -0.25) is 9.78 Å². The van der Waals surface area contributed by atoms with Gasteiger partial charge in [-0.1, -0.05) is 42.5 Å². The number of carbonyl (C=O) groups excluding carboxylic acids is 2. The van der Waals surface area contributed by atoms with Crippen molar-refractivity contribution in [2.45, 2.75) is 13.1 Å². The molecule has 8 nitrogen and oxygen atoms in total. The molecule has 0 fully saturated rings. The fourth-order valence-electron chi connectivity index (χ4n) is 2.61. The third kappa shape index (κ3) is 4.68. The minimum absolute atomic E-state index is 0.0407. The molecule has 0 unspecified atom stereocenters. The van der Waals surface area contributed by atoms with Gasteiger partial charge in [-0.15, -0.1) is 0 Å². The molecule has 0 aliphatic heterocycles. The Hall–Kier alpha value is -3.78. The number of hydrogen-bond donors (Lipinski definition) is 4. The Balaban J connectivity index is 1.72. The van der Waals surface area contributed by atoms with E-state index in [9.17, 15) is 9.59 Å². The number of urea groups is 1. The molecule has 1 heterocycles. The van der Waals surface area contributed by atoms with E-state index in [2.05, 4.69) is 20.6 Å². The third-order valence-corrected chi connectivity index (χ3v) is 3.99. The molecule has 0 radical (unpaired) electrons. The van der Waals surface area contributed by atoms with Crippen LogP contribution in [0.5, 0.6) is 0 Å². The molecule has 0 bridgehead atoms. The second-order valence-electron chi connectivity index (χ2n) is 5.99. The summed E-state index contributed by atoms with van der Waals surface area (Å²) < 4.78 is 0. The maximum Gasteiger partial charge on any atom is 0.319 e. The summed E-state index contributed by atoms with van der Waals surface area (Å²) in [5.41, 5.74) is 14.0. The lowest BCUT2D eigenvalue weighted by Gasteiger charge is -2.10. The van der Waals surface area contributed by atoms with Crippen LogP contribution >= 0.6 is 0 Å². The van der Waals surface area contributed by atoms with Gasteiger partial charge in [-0.05, 0) is 17.7 Å². The molecule has 3 amide bonds. The fourth-order valence-corrected chi connectivity index (χ4v) is 2.61. The van der Waals surface area contributed by atoms with Crippen molar-refractivity contribution < 1.29 is 9.59 Å². The summed E-state index contributed by atoms with van der Waals surface area (Å²) in [6, 6.07) is 16.3. The summed E-state index contributed by atoms with van der Waals surface area (Å²) in [4.78, 5) is 32.1. The molecular formula is C20H20N6O2. The zero-order valence-electron chi connectivity index (χ0n) is 15.1. The predicted octanol–water partition coefficient (Wildman–Crippen LogP) is 2.02. The van der Waals surface area contributed by atoms with Crippen molar-refractivity contribution in [3.8, 4) is 11.3 Å². The Morgan fingerprint density at radius 3 is 2.54 bits per heavy atom. The number of aromatic nitrogens is 2. The van der Waals surface area contributed by atoms with Crippen LogP contribution in [-0.2, 0) is 13.1 Å². The van der Waals surface area contributed by atoms with Gasteiger partial charge in [-0.2, -0.15) is 0 Å². The summed E-state index contributed by atoms with van der Waals surface area (Å²) in [5.74, 6) is -0.690. The first-order valence-electron chi connectivity index (χ1n) is 8.62. The smallest absolute Gasteiger partial charge is 0.319 e. The number of carbonyl (C=O) groups is 2. The second kappa shape index (κ2) is 8.74. The van der Waals surface area contributed by atoms with E-state index in [0.29, 0.717) is 29.2 Å². The lowest BCUT2D eigenvalue weighted by Crippen LogP contribution is -2.28. The number of benzene rings is 2. The highest BCUT2D eigenvalue weighted by Gasteiger charge is 2.13. The number of rotatable bonds is 6. The van der Waals surface area contributed by atoms with Gasteiger partial charge in [0, 0.05) is 24.3 Å². The summed E-state index contributed by atoms with van der Waals surface area (Å²) in [7, 11) is 0. The number of amides is 3. The van der Waals surface area contributed by atoms with E-state index in [0.717, 1.165) is 5.56 Å². The number of nitrogens with one attached hydrogen (secondary N) is 2. The van der Waals surface area contributed by atoms with Crippen molar-refractivity contribution in [1.29, 1.82) is 0 Å². The number of nitrogens with two attached hydrogens (primary N) is 2. The average molecular weight is 376 g/mol. The Kier molecular flexibility index (Phi) is 5.93. The minimum atomic E-state index is -0.690. The highest BCUT2D eigenvalue weighted by atomic mass is 16.2. The van der Waals surface area contributed by atoms with Crippen LogP contribution in [0.25, 0.3) is 11.3 Å². The second-order valence-corrected chi connectivity index (χ2v) is 5.99. The van der Waals surface area contributed by atoms with Gasteiger partial charge < -0.3 is 22.1 Å². The molecule has 0 aliphatic rings. The van der Waals surface area contributed by atoms with E-state index in [1.165, 1.54) is 6.20 Å². The molecule has 28 heavy (non-hydrogen) atoms. The van der Waals surface area contributed by atoms with Crippen LogP contribution in [0.1, 0.15) is 21.7 Å². The third-order valence-electron chi connectivity index (χ3n) is 3.99. The first kappa shape index (κ1) is 19.0. The van der Waals surface area contributed by atoms with Crippen LogP contribution in [0.15, 0.2) is 60.8 Å². The van der Waals surface area contributed by atoms with Crippen molar-refractivity contribution in [2.24, 2.45) is 11.5 Å². The lowest BCUT2D eigenvalue weighted by molar-refractivity contribution is 0.0994. The van der Waals surface area contributed by atoms with Crippen molar-refractivity contribution in [2.75, 3.05) is 5.32 Å². The molecule has 3 aromatic rings. The lowest BCUT2D eigenvalue weighted by atomic mass is 10.1. The quantitative estimate of drug-likeness (QED) is 0.522. The molecule has 1 aromatic heterocycles. The average Bonchev–Trinajstić information content (AvgIpc) is 2.72. The maximum absolute atomic E-state index is 12.1. The molecule has 0 atom stereocenters. The molecule has 3 rings (SSSR count). The predicted molar refractivity (Wildman–Crippen MR) is 106 cm³/mol. The standard InChI is InChI=1S/C20H20N6O2/c21-10-16-18(19(22)27)26-17(12-23-16)14-7-4-8-15(9-14)25-20(28)24-11-13-5-2-1-3-6-13/h1-9,12H,10-11,21H2,(H2,22,27)(H2,24,25,28). The van der Waals surface area contributed by atoms with Crippen molar-refractivity contribution in [3.63, 3.8) is 0 Å². The first-order chi connectivity index (χ1) is 13.6. The number of primary amides is 1.